The van der Waals surface area contributed by atoms with Crippen LogP contribution in [0.4, 0.5) is 0 Å². The van der Waals surface area contributed by atoms with Crippen molar-refractivity contribution < 1.29 is 9.53 Å². The summed E-state index contributed by atoms with van der Waals surface area (Å²) >= 11 is 5.94. The fourth-order valence-corrected chi connectivity index (χ4v) is 1.90. The van der Waals surface area contributed by atoms with Crippen LogP contribution in [0.1, 0.15) is 31.4 Å². The number of halogens is 2. The Hall–Kier alpha value is -0.810. The van der Waals surface area contributed by atoms with Gasteiger partial charge in [-0.3, -0.25) is 4.79 Å². The highest BCUT2D eigenvalue weighted by molar-refractivity contribution is 6.30. The van der Waals surface area contributed by atoms with Gasteiger partial charge in [0.1, 0.15) is 0 Å². The first-order valence-electron chi connectivity index (χ1n) is 6.33. The van der Waals surface area contributed by atoms with Crippen LogP contribution >= 0.6 is 24.0 Å². The van der Waals surface area contributed by atoms with Crippen LogP contribution in [0.5, 0.6) is 0 Å². The van der Waals surface area contributed by atoms with Crippen molar-refractivity contribution in [1.29, 1.82) is 0 Å². The Bertz CT molecular complexity index is 414. The molecule has 1 rings (SSSR count). The van der Waals surface area contributed by atoms with Gasteiger partial charge in [0, 0.05) is 31.1 Å². The molecule has 1 amide bonds. The Labute approximate surface area is 131 Å². The average molecular weight is 321 g/mol. The maximum atomic E-state index is 11.6. The Morgan fingerprint density at radius 1 is 1.50 bits per heavy atom. The minimum Gasteiger partial charge on any atom is -0.375 e. The maximum absolute atomic E-state index is 11.6. The Kier molecular flexibility index (Phi) is 9.59. The zero-order chi connectivity index (χ0) is 14.3. The molecule has 1 aromatic rings. The van der Waals surface area contributed by atoms with Crippen LogP contribution in [0.2, 0.25) is 5.02 Å². The van der Waals surface area contributed by atoms with Gasteiger partial charge in [-0.2, -0.15) is 0 Å². The molecule has 0 radical (unpaired) electrons. The molecule has 2 unspecified atom stereocenters. The van der Waals surface area contributed by atoms with Gasteiger partial charge in [0.2, 0.25) is 5.91 Å². The third kappa shape index (κ3) is 7.10. The highest BCUT2D eigenvalue weighted by atomic mass is 35.5. The van der Waals surface area contributed by atoms with E-state index in [2.05, 4.69) is 5.32 Å². The van der Waals surface area contributed by atoms with E-state index in [0.717, 1.165) is 5.56 Å². The second kappa shape index (κ2) is 10.00. The maximum Gasteiger partial charge on any atom is 0.220 e. The third-order valence-electron chi connectivity index (χ3n) is 2.82. The minimum atomic E-state index is -0.196. The third-order valence-corrected chi connectivity index (χ3v) is 3.05. The number of hydrogen-bond donors (Lipinski definition) is 2. The van der Waals surface area contributed by atoms with Gasteiger partial charge in [-0.25, -0.2) is 0 Å². The molecule has 20 heavy (non-hydrogen) atoms. The number of nitrogens with two attached hydrogens (primary N) is 1. The van der Waals surface area contributed by atoms with Crippen molar-refractivity contribution in [3.05, 3.63) is 34.9 Å². The van der Waals surface area contributed by atoms with E-state index in [1.54, 1.807) is 13.2 Å². The number of methoxy groups -OCH3 is 1. The topological polar surface area (TPSA) is 64.3 Å². The van der Waals surface area contributed by atoms with E-state index in [0.29, 0.717) is 24.4 Å². The van der Waals surface area contributed by atoms with Gasteiger partial charge in [0.05, 0.1) is 6.10 Å². The van der Waals surface area contributed by atoms with Gasteiger partial charge in [-0.05, 0) is 31.0 Å². The Morgan fingerprint density at radius 3 is 2.75 bits per heavy atom. The van der Waals surface area contributed by atoms with E-state index < -0.39 is 0 Å². The van der Waals surface area contributed by atoms with E-state index in [1.807, 2.05) is 25.1 Å². The van der Waals surface area contributed by atoms with Crippen molar-refractivity contribution in [1.82, 2.24) is 5.32 Å². The Morgan fingerprint density at radius 2 is 2.20 bits per heavy atom. The van der Waals surface area contributed by atoms with E-state index in [4.69, 9.17) is 22.1 Å². The molecule has 0 heterocycles. The van der Waals surface area contributed by atoms with Crippen LogP contribution in [0.3, 0.4) is 0 Å². The molecule has 114 valence electrons. The lowest BCUT2D eigenvalue weighted by Gasteiger charge is -2.17. The summed E-state index contributed by atoms with van der Waals surface area (Å²) in [5.74, 6) is -0.0126. The van der Waals surface area contributed by atoms with Gasteiger partial charge in [0.25, 0.3) is 0 Å². The van der Waals surface area contributed by atoms with E-state index in [1.165, 1.54) is 0 Å². The van der Waals surface area contributed by atoms with Crippen LogP contribution in [0, 0.1) is 0 Å². The lowest BCUT2D eigenvalue weighted by Crippen LogP contribution is -2.30. The van der Waals surface area contributed by atoms with E-state index in [9.17, 15) is 4.79 Å². The number of hydrogen-bond acceptors (Lipinski definition) is 3. The zero-order valence-corrected chi connectivity index (χ0v) is 13.3. The quantitative estimate of drug-likeness (QED) is 0.811. The molecule has 0 aliphatic heterocycles. The number of amides is 1. The van der Waals surface area contributed by atoms with E-state index >= 15 is 0 Å². The average Bonchev–Trinajstić information content (AvgIpc) is 2.37. The van der Waals surface area contributed by atoms with Gasteiger partial charge in [-0.15, -0.1) is 12.4 Å². The van der Waals surface area contributed by atoms with Crippen LogP contribution in [0.15, 0.2) is 24.3 Å². The van der Waals surface area contributed by atoms with Crippen molar-refractivity contribution in [2.45, 2.75) is 31.9 Å². The summed E-state index contributed by atoms with van der Waals surface area (Å²) in [5, 5.41) is 3.50. The molecule has 6 heteroatoms. The Balaban J connectivity index is 0.00000361. The number of carbonyl (C=O) groups is 1. The molecular formula is C14H22Cl2N2O2. The molecule has 0 bridgehead atoms. The smallest absolute Gasteiger partial charge is 0.220 e. The molecular weight excluding hydrogens is 299 g/mol. The fourth-order valence-electron chi connectivity index (χ4n) is 1.70. The first-order chi connectivity index (χ1) is 9.02. The van der Waals surface area contributed by atoms with Crippen molar-refractivity contribution in [3.63, 3.8) is 0 Å². The van der Waals surface area contributed by atoms with E-state index in [-0.39, 0.29) is 30.5 Å². The molecule has 0 aromatic heterocycles. The first kappa shape index (κ1) is 19.2. The predicted octanol–water partition coefficient (Wildman–Crippen LogP) is 2.69. The highest BCUT2D eigenvalue weighted by Crippen LogP contribution is 2.19. The summed E-state index contributed by atoms with van der Waals surface area (Å²) in [4.78, 5) is 11.6. The van der Waals surface area contributed by atoms with Gasteiger partial charge in [0.15, 0.2) is 0 Å². The van der Waals surface area contributed by atoms with Crippen LogP contribution in [-0.4, -0.2) is 25.6 Å². The monoisotopic (exact) mass is 320 g/mol. The second-order valence-electron chi connectivity index (χ2n) is 4.60. The normalized spacial score (nSPS) is 13.2. The fraction of sp³-hybridized carbons (Fsp3) is 0.500. The van der Waals surface area contributed by atoms with Gasteiger partial charge >= 0.3 is 0 Å². The van der Waals surface area contributed by atoms with Crippen LogP contribution in [0.25, 0.3) is 0 Å². The van der Waals surface area contributed by atoms with Crippen molar-refractivity contribution >= 4 is 29.9 Å². The molecule has 0 aliphatic rings. The van der Waals surface area contributed by atoms with Crippen molar-refractivity contribution in [2.24, 2.45) is 5.73 Å². The summed E-state index contributed by atoms with van der Waals surface area (Å²) in [6, 6.07) is 7.47. The summed E-state index contributed by atoms with van der Waals surface area (Å²) in [6.07, 6.45) is 0.919. The SMILES string of the molecule is COC(CNC(=O)CCC(C)N)c1cccc(Cl)c1.Cl. The first-order valence-corrected chi connectivity index (χ1v) is 6.71. The largest absolute Gasteiger partial charge is 0.375 e. The van der Waals surface area contributed by atoms with Crippen LogP contribution in [-0.2, 0) is 9.53 Å². The number of nitrogens with one attached hydrogen (secondary N) is 1. The summed E-state index contributed by atoms with van der Waals surface area (Å²) in [5.41, 5.74) is 6.56. The molecule has 0 fully saturated rings. The molecule has 4 nitrogen and oxygen atoms in total. The molecule has 0 aliphatic carbocycles. The predicted molar refractivity (Wildman–Crippen MR) is 84.3 cm³/mol. The minimum absolute atomic E-state index is 0. The van der Waals surface area contributed by atoms with Gasteiger partial charge < -0.3 is 15.8 Å². The molecule has 1 aromatic carbocycles. The molecule has 0 saturated heterocycles. The van der Waals surface area contributed by atoms with Crippen molar-refractivity contribution in [3.8, 4) is 0 Å². The lowest BCUT2D eigenvalue weighted by molar-refractivity contribution is -0.121. The summed E-state index contributed by atoms with van der Waals surface area (Å²) < 4.78 is 5.37. The zero-order valence-electron chi connectivity index (χ0n) is 11.8. The lowest BCUT2D eigenvalue weighted by atomic mass is 10.1. The standard InChI is InChI=1S/C14H21ClN2O2.ClH/c1-10(16)6-7-14(18)17-9-13(19-2)11-4-3-5-12(15)8-11;/h3-5,8,10,13H,6-7,9,16H2,1-2H3,(H,17,18);1H. The number of ether oxygens (including phenoxy) is 1. The summed E-state index contributed by atoms with van der Waals surface area (Å²) in [7, 11) is 1.61. The number of carbonyl (C=O) groups excluding carboxylic acids is 1. The highest BCUT2D eigenvalue weighted by Gasteiger charge is 2.12. The van der Waals surface area contributed by atoms with Crippen LogP contribution < -0.4 is 11.1 Å². The van der Waals surface area contributed by atoms with Crippen molar-refractivity contribution in [2.75, 3.05) is 13.7 Å². The van der Waals surface area contributed by atoms with Gasteiger partial charge in [-0.1, -0.05) is 23.7 Å². The molecule has 2 atom stereocenters. The second-order valence-corrected chi connectivity index (χ2v) is 5.04. The molecule has 0 spiro atoms. The molecule has 0 saturated carbocycles. The number of rotatable bonds is 7. The molecule has 3 N–H and O–H groups in total. The summed E-state index contributed by atoms with van der Waals surface area (Å²) in [6.45, 7) is 2.31. The number of benzene rings is 1.